The second-order valence-electron chi connectivity index (χ2n) is 5.04. The minimum atomic E-state index is -0.187. The fourth-order valence-corrected chi connectivity index (χ4v) is 2.38. The molecule has 0 aromatic carbocycles. The van der Waals surface area contributed by atoms with Gasteiger partial charge in [-0.15, -0.1) is 0 Å². The van der Waals surface area contributed by atoms with Crippen LogP contribution >= 0.6 is 0 Å². The van der Waals surface area contributed by atoms with Crippen molar-refractivity contribution in [3.05, 3.63) is 0 Å². The Balaban J connectivity index is 2.56. The monoisotopic (exact) mass is 214 g/mol. The molecule has 3 atom stereocenters. The lowest BCUT2D eigenvalue weighted by Gasteiger charge is -2.41. The van der Waals surface area contributed by atoms with Crippen molar-refractivity contribution in [3.8, 4) is 0 Å². The zero-order valence-corrected chi connectivity index (χ0v) is 10.5. The minimum absolute atomic E-state index is 0.187. The van der Waals surface area contributed by atoms with Crippen LogP contribution in [0.25, 0.3) is 0 Å². The van der Waals surface area contributed by atoms with Crippen molar-refractivity contribution in [2.75, 3.05) is 19.6 Å². The average Bonchev–Trinajstić information content (AvgIpc) is 2.17. The van der Waals surface area contributed by atoms with Gasteiger partial charge in [0.05, 0.1) is 6.10 Å². The molecule has 1 saturated heterocycles. The van der Waals surface area contributed by atoms with Crippen molar-refractivity contribution in [2.45, 2.75) is 52.3 Å². The first-order valence-corrected chi connectivity index (χ1v) is 6.20. The first kappa shape index (κ1) is 12.9. The van der Waals surface area contributed by atoms with Gasteiger partial charge in [0, 0.05) is 25.2 Å². The lowest BCUT2D eigenvalue weighted by Crippen LogP contribution is -2.53. The number of likely N-dealkylation sites (tertiary alicyclic amines) is 1. The Bertz CT molecular complexity index is 166. The SMILES string of the molecule is CCNC1CC(C(C)O)CN(C(C)C)C1. The van der Waals surface area contributed by atoms with Crippen LogP contribution < -0.4 is 5.32 Å². The zero-order chi connectivity index (χ0) is 11.4. The molecule has 3 heteroatoms. The van der Waals surface area contributed by atoms with Gasteiger partial charge in [0.25, 0.3) is 0 Å². The van der Waals surface area contributed by atoms with Gasteiger partial charge in [0.2, 0.25) is 0 Å². The van der Waals surface area contributed by atoms with Crippen LogP contribution in [0.1, 0.15) is 34.1 Å². The van der Waals surface area contributed by atoms with E-state index in [9.17, 15) is 5.11 Å². The van der Waals surface area contributed by atoms with Gasteiger partial charge in [-0.25, -0.2) is 0 Å². The van der Waals surface area contributed by atoms with Crippen LogP contribution in [0.15, 0.2) is 0 Å². The van der Waals surface area contributed by atoms with Crippen molar-refractivity contribution < 1.29 is 5.11 Å². The highest BCUT2D eigenvalue weighted by Gasteiger charge is 2.30. The number of rotatable bonds is 4. The van der Waals surface area contributed by atoms with Gasteiger partial charge in [-0.3, -0.25) is 4.90 Å². The highest BCUT2D eigenvalue weighted by Crippen LogP contribution is 2.21. The number of hydrogen-bond donors (Lipinski definition) is 2. The van der Waals surface area contributed by atoms with E-state index in [1.54, 1.807) is 0 Å². The smallest absolute Gasteiger partial charge is 0.0553 e. The molecule has 0 aromatic rings. The zero-order valence-electron chi connectivity index (χ0n) is 10.5. The molecule has 3 nitrogen and oxygen atoms in total. The van der Waals surface area contributed by atoms with Crippen LogP contribution in [0, 0.1) is 5.92 Å². The predicted octanol–water partition coefficient (Wildman–Crippen LogP) is 1.08. The van der Waals surface area contributed by atoms with Crippen LogP contribution in [-0.2, 0) is 0 Å². The number of nitrogens with zero attached hydrogens (tertiary/aromatic N) is 1. The normalized spacial score (nSPS) is 30.8. The Morgan fingerprint density at radius 1 is 1.33 bits per heavy atom. The lowest BCUT2D eigenvalue weighted by atomic mass is 9.89. The molecule has 0 aliphatic carbocycles. The summed E-state index contributed by atoms with van der Waals surface area (Å²) < 4.78 is 0. The van der Waals surface area contributed by atoms with Crippen LogP contribution in [0.4, 0.5) is 0 Å². The van der Waals surface area contributed by atoms with Gasteiger partial charge in [0.15, 0.2) is 0 Å². The molecule has 2 N–H and O–H groups in total. The molecule has 0 aromatic heterocycles. The summed E-state index contributed by atoms with van der Waals surface area (Å²) in [5.74, 6) is 0.421. The maximum absolute atomic E-state index is 9.71. The van der Waals surface area contributed by atoms with E-state index in [1.807, 2.05) is 6.92 Å². The topological polar surface area (TPSA) is 35.5 Å². The van der Waals surface area contributed by atoms with Gasteiger partial charge in [-0.1, -0.05) is 6.92 Å². The largest absolute Gasteiger partial charge is 0.393 e. The highest BCUT2D eigenvalue weighted by atomic mass is 16.3. The van der Waals surface area contributed by atoms with Gasteiger partial charge in [0.1, 0.15) is 0 Å². The summed E-state index contributed by atoms with van der Waals surface area (Å²) in [4.78, 5) is 2.47. The number of aliphatic hydroxyl groups is 1. The summed E-state index contributed by atoms with van der Waals surface area (Å²) in [6.45, 7) is 11.7. The second kappa shape index (κ2) is 5.83. The maximum Gasteiger partial charge on any atom is 0.0553 e. The van der Waals surface area contributed by atoms with Crippen LogP contribution in [0.5, 0.6) is 0 Å². The summed E-state index contributed by atoms with van der Waals surface area (Å²) in [5, 5.41) is 13.2. The van der Waals surface area contributed by atoms with Gasteiger partial charge >= 0.3 is 0 Å². The Morgan fingerprint density at radius 3 is 2.47 bits per heavy atom. The molecular weight excluding hydrogens is 188 g/mol. The van der Waals surface area contributed by atoms with Crippen molar-refractivity contribution in [1.82, 2.24) is 10.2 Å². The molecule has 0 saturated carbocycles. The molecule has 3 unspecified atom stereocenters. The molecule has 15 heavy (non-hydrogen) atoms. The summed E-state index contributed by atoms with van der Waals surface area (Å²) in [5.41, 5.74) is 0. The number of hydrogen-bond acceptors (Lipinski definition) is 3. The lowest BCUT2D eigenvalue weighted by molar-refractivity contribution is 0.0359. The van der Waals surface area contributed by atoms with E-state index in [1.165, 1.54) is 0 Å². The predicted molar refractivity (Wildman–Crippen MR) is 64.0 cm³/mol. The number of aliphatic hydroxyl groups excluding tert-OH is 1. The van der Waals surface area contributed by atoms with Crippen LogP contribution in [0.3, 0.4) is 0 Å². The molecule has 0 spiro atoms. The van der Waals surface area contributed by atoms with Gasteiger partial charge in [-0.05, 0) is 39.7 Å². The molecule has 0 amide bonds. The van der Waals surface area contributed by atoms with E-state index in [0.29, 0.717) is 18.0 Å². The molecule has 1 fully saturated rings. The summed E-state index contributed by atoms with van der Waals surface area (Å²) in [7, 11) is 0. The van der Waals surface area contributed by atoms with Crippen molar-refractivity contribution >= 4 is 0 Å². The molecule has 1 aliphatic rings. The summed E-state index contributed by atoms with van der Waals surface area (Å²) in [6.07, 6.45) is 0.919. The third-order valence-electron chi connectivity index (χ3n) is 3.42. The van der Waals surface area contributed by atoms with E-state index in [0.717, 1.165) is 26.1 Å². The van der Waals surface area contributed by atoms with Crippen LogP contribution in [0.2, 0.25) is 0 Å². The summed E-state index contributed by atoms with van der Waals surface area (Å²) >= 11 is 0. The first-order valence-electron chi connectivity index (χ1n) is 6.20. The van der Waals surface area contributed by atoms with E-state index >= 15 is 0 Å². The standard InChI is InChI=1S/C12H26N2O/c1-5-13-12-6-11(10(4)15)7-14(8-12)9(2)3/h9-13,15H,5-8H2,1-4H3. The maximum atomic E-state index is 9.71. The first-order chi connectivity index (χ1) is 7.04. The Hall–Kier alpha value is -0.120. The van der Waals surface area contributed by atoms with Gasteiger partial charge in [-0.2, -0.15) is 0 Å². The third-order valence-corrected chi connectivity index (χ3v) is 3.42. The third kappa shape index (κ3) is 3.74. The quantitative estimate of drug-likeness (QED) is 0.735. The summed E-state index contributed by atoms with van der Waals surface area (Å²) in [6, 6.07) is 1.12. The minimum Gasteiger partial charge on any atom is -0.393 e. The Labute approximate surface area is 93.9 Å². The van der Waals surface area contributed by atoms with Gasteiger partial charge < -0.3 is 10.4 Å². The average molecular weight is 214 g/mol. The van der Waals surface area contributed by atoms with Crippen molar-refractivity contribution in [2.24, 2.45) is 5.92 Å². The number of likely N-dealkylation sites (N-methyl/N-ethyl adjacent to an activating group) is 1. The van der Waals surface area contributed by atoms with Crippen molar-refractivity contribution in [3.63, 3.8) is 0 Å². The van der Waals surface area contributed by atoms with E-state index in [2.05, 4.69) is 31.0 Å². The Kier molecular flexibility index (Phi) is 5.03. The van der Waals surface area contributed by atoms with E-state index in [-0.39, 0.29) is 6.10 Å². The van der Waals surface area contributed by atoms with Crippen LogP contribution in [-0.4, -0.2) is 47.8 Å². The van der Waals surface area contributed by atoms with Crippen molar-refractivity contribution in [1.29, 1.82) is 0 Å². The molecule has 1 rings (SSSR count). The molecule has 1 heterocycles. The molecular formula is C12H26N2O. The second-order valence-corrected chi connectivity index (χ2v) is 5.04. The molecule has 0 bridgehead atoms. The number of nitrogens with one attached hydrogen (secondary N) is 1. The molecule has 0 radical (unpaired) electrons. The van der Waals surface area contributed by atoms with E-state index in [4.69, 9.17) is 0 Å². The number of piperidine rings is 1. The Morgan fingerprint density at radius 2 is 2.00 bits per heavy atom. The highest BCUT2D eigenvalue weighted by molar-refractivity contribution is 4.86. The fourth-order valence-electron chi connectivity index (χ4n) is 2.38. The molecule has 1 aliphatic heterocycles. The van der Waals surface area contributed by atoms with E-state index < -0.39 is 0 Å². The molecule has 90 valence electrons. The fraction of sp³-hybridized carbons (Fsp3) is 1.00.